The van der Waals surface area contributed by atoms with Crippen LogP contribution in [0.1, 0.15) is 31.9 Å². The largest absolute Gasteiger partial charge is 0.444 e. The summed E-state index contributed by atoms with van der Waals surface area (Å²) in [5, 5.41) is 5.15. The van der Waals surface area contributed by atoms with Crippen molar-refractivity contribution < 1.29 is 14.3 Å². The summed E-state index contributed by atoms with van der Waals surface area (Å²) in [6, 6.07) is 7.88. The molecule has 110 valence electrons. The highest BCUT2D eigenvalue weighted by atomic mass is 16.6. The second-order valence-corrected chi connectivity index (χ2v) is 5.62. The second kappa shape index (κ2) is 6.93. The van der Waals surface area contributed by atoms with E-state index in [9.17, 15) is 9.59 Å². The molecule has 20 heavy (non-hydrogen) atoms. The molecule has 1 rings (SSSR count). The third-order valence-corrected chi connectivity index (χ3v) is 2.36. The normalized spacial score (nSPS) is 10.8. The Labute approximate surface area is 119 Å². The summed E-state index contributed by atoms with van der Waals surface area (Å²) in [6.45, 7) is 7.64. The van der Waals surface area contributed by atoms with E-state index < -0.39 is 11.7 Å². The number of aryl methyl sites for hydroxylation is 1. The van der Waals surface area contributed by atoms with Crippen LogP contribution in [0, 0.1) is 6.92 Å². The Morgan fingerprint density at radius 1 is 1.20 bits per heavy atom. The van der Waals surface area contributed by atoms with Gasteiger partial charge in [0, 0.05) is 6.54 Å². The minimum absolute atomic E-state index is 0.0965. The molecule has 0 bridgehead atoms. The molecule has 0 aliphatic rings. The molecule has 0 aliphatic carbocycles. The molecule has 5 nitrogen and oxygen atoms in total. The van der Waals surface area contributed by atoms with E-state index in [-0.39, 0.29) is 12.5 Å². The molecular weight excluding hydrogens is 256 g/mol. The minimum atomic E-state index is -0.594. The number of hydrogen-bond donors (Lipinski definition) is 2. The average Bonchev–Trinajstić information content (AvgIpc) is 2.32. The summed E-state index contributed by atoms with van der Waals surface area (Å²) in [6.07, 6.45) is -0.594. The van der Waals surface area contributed by atoms with E-state index in [4.69, 9.17) is 4.74 Å². The van der Waals surface area contributed by atoms with Crippen molar-refractivity contribution in [3.05, 3.63) is 35.4 Å². The fourth-order valence-corrected chi connectivity index (χ4v) is 1.55. The molecule has 0 spiro atoms. The summed E-state index contributed by atoms with van der Waals surface area (Å²) in [7, 11) is 0. The monoisotopic (exact) mass is 278 g/mol. The van der Waals surface area contributed by atoms with Gasteiger partial charge < -0.3 is 15.4 Å². The number of alkyl carbamates (subject to hydrolysis) is 1. The SMILES string of the molecule is Cc1cccc(CNC(=O)CNC(=O)OC(C)(C)C)c1. The standard InChI is InChI=1S/C15H22N2O3/c1-11-6-5-7-12(8-11)9-16-13(18)10-17-14(19)20-15(2,3)4/h5-8H,9-10H2,1-4H3,(H,16,18)(H,17,19). The first-order valence-electron chi connectivity index (χ1n) is 6.55. The molecule has 1 aromatic rings. The van der Waals surface area contributed by atoms with E-state index in [2.05, 4.69) is 10.6 Å². The fraction of sp³-hybridized carbons (Fsp3) is 0.467. The van der Waals surface area contributed by atoms with Gasteiger partial charge in [-0.3, -0.25) is 4.79 Å². The summed E-state index contributed by atoms with van der Waals surface area (Å²) in [5.41, 5.74) is 1.60. The highest BCUT2D eigenvalue weighted by molar-refractivity contribution is 5.82. The molecule has 0 heterocycles. The van der Waals surface area contributed by atoms with Gasteiger partial charge in [-0.2, -0.15) is 0 Å². The Balaban J connectivity index is 2.29. The van der Waals surface area contributed by atoms with Crippen molar-refractivity contribution in [2.24, 2.45) is 0 Å². The highest BCUT2D eigenvalue weighted by Gasteiger charge is 2.16. The lowest BCUT2D eigenvalue weighted by Gasteiger charge is -2.19. The lowest BCUT2D eigenvalue weighted by Crippen LogP contribution is -2.39. The van der Waals surface area contributed by atoms with Crippen LogP contribution in [0.4, 0.5) is 4.79 Å². The van der Waals surface area contributed by atoms with Gasteiger partial charge in [0.15, 0.2) is 0 Å². The summed E-state index contributed by atoms with van der Waals surface area (Å²) >= 11 is 0. The van der Waals surface area contributed by atoms with E-state index in [1.54, 1.807) is 20.8 Å². The van der Waals surface area contributed by atoms with Gasteiger partial charge in [0.25, 0.3) is 0 Å². The van der Waals surface area contributed by atoms with Crippen LogP contribution >= 0.6 is 0 Å². The zero-order valence-electron chi connectivity index (χ0n) is 12.4. The van der Waals surface area contributed by atoms with Crippen LogP contribution in [0.25, 0.3) is 0 Å². The maximum absolute atomic E-state index is 11.6. The molecule has 0 unspecified atom stereocenters. The van der Waals surface area contributed by atoms with Gasteiger partial charge in [0.2, 0.25) is 5.91 Å². The maximum atomic E-state index is 11.6. The quantitative estimate of drug-likeness (QED) is 0.886. The Kier molecular flexibility index (Phi) is 5.55. The Bertz CT molecular complexity index is 478. The zero-order valence-corrected chi connectivity index (χ0v) is 12.4. The third-order valence-electron chi connectivity index (χ3n) is 2.36. The number of hydrogen-bond acceptors (Lipinski definition) is 3. The van der Waals surface area contributed by atoms with E-state index in [0.717, 1.165) is 11.1 Å². The lowest BCUT2D eigenvalue weighted by atomic mass is 10.1. The smallest absolute Gasteiger partial charge is 0.408 e. The van der Waals surface area contributed by atoms with Gasteiger partial charge in [0.1, 0.15) is 12.1 Å². The first-order chi connectivity index (χ1) is 9.26. The fourth-order valence-electron chi connectivity index (χ4n) is 1.55. The van der Waals surface area contributed by atoms with Crippen LogP contribution < -0.4 is 10.6 Å². The number of ether oxygens (including phenoxy) is 1. The van der Waals surface area contributed by atoms with Crippen LogP contribution in [-0.4, -0.2) is 24.1 Å². The van der Waals surface area contributed by atoms with Crippen molar-refractivity contribution in [2.45, 2.75) is 39.8 Å². The highest BCUT2D eigenvalue weighted by Crippen LogP contribution is 2.06. The molecule has 0 aromatic heterocycles. The summed E-state index contributed by atoms with van der Waals surface area (Å²) in [4.78, 5) is 23.0. The average molecular weight is 278 g/mol. The van der Waals surface area contributed by atoms with Crippen molar-refractivity contribution in [1.82, 2.24) is 10.6 Å². The Morgan fingerprint density at radius 2 is 1.90 bits per heavy atom. The number of carbonyl (C=O) groups excluding carboxylic acids is 2. The Hall–Kier alpha value is -2.04. The summed E-state index contributed by atoms with van der Waals surface area (Å²) in [5.74, 6) is -0.252. The number of carbonyl (C=O) groups is 2. The first kappa shape index (κ1) is 16.0. The van der Waals surface area contributed by atoms with Crippen molar-refractivity contribution in [3.8, 4) is 0 Å². The predicted molar refractivity (Wildman–Crippen MR) is 77.3 cm³/mol. The van der Waals surface area contributed by atoms with Gasteiger partial charge in [-0.1, -0.05) is 29.8 Å². The van der Waals surface area contributed by atoms with Crippen molar-refractivity contribution in [2.75, 3.05) is 6.54 Å². The topological polar surface area (TPSA) is 67.4 Å². The molecule has 0 saturated heterocycles. The molecule has 2 amide bonds. The van der Waals surface area contributed by atoms with E-state index in [1.165, 1.54) is 0 Å². The molecule has 1 aromatic carbocycles. The lowest BCUT2D eigenvalue weighted by molar-refractivity contribution is -0.120. The van der Waals surface area contributed by atoms with E-state index >= 15 is 0 Å². The van der Waals surface area contributed by atoms with Gasteiger partial charge in [-0.05, 0) is 33.3 Å². The Morgan fingerprint density at radius 3 is 2.50 bits per heavy atom. The number of rotatable bonds is 4. The molecule has 0 radical (unpaired) electrons. The molecule has 0 atom stereocenters. The van der Waals surface area contributed by atoms with Crippen molar-refractivity contribution in [1.29, 1.82) is 0 Å². The van der Waals surface area contributed by atoms with Crippen LogP contribution in [0.5, 0.6) is 0 Å². The van der Waals surface area contributed by atoms with Crippen LogP contribution in [0.2, 0.25) is 0 Å². The predicted octanol–water partition coefficient (Wildman–Crippen LogP) is 2.14. The van der Waals surface area contributed by atoms with E-state index in [1.807, 2.05) is 31.2 Å². The van der Waals surface area contributed by atoms with E-state index in [0.29, 0.717) is 6.54 Å². The number of benzene rings is 1. The molecular formula is C15H22N2O3. The van der Waals surface area contributed by atoms with Gasteiger partial charge in [-0.25, -0.2) is 4.79 Å². The maximum Gasteiger partial charge on any atom is 0.408 e. The minimum Gasteiger partial charge on any atom is -0.444 e. The van der Waals surface area contributed by atoms with Crippen LogP contribution in [-0.2, 0) is 16.1 Å². The zero-order chi connectivity index (χ0) is 15.2. The van der Waals surface area contributed by atoms with Crippen LogP contribution in [0.15, 0.2) is 24.3 Å². The first-order valence-corrected chi connectivity index (χ1v) is 6.55. The number of amides is 2. The molecule has 0 fully saturated rings. The third kappa shape index (κ3) is 6.78. The van der Waals surface area contributed by atoms with Gasteiger partial charge in [-0.15, -0.1) is 0 Å². The molecule has 0 aliphatic heterocycles. The molecule has 0 saturated carbocycles. The second-order valence-electron chi connectivity index (χ2n) is 5.62. The number of nitrogens with one attached hydrogen (secondary N) is 2. The molecule has 2 N–H and O–H groups in total. The van der Waals surface area contributed by atoms with Crippen LogP contribution in [0.3, 0.4) is 0 Å². The molecule has 5 heteroatoms. The van der Waals surface area contributed by atoms with Crippen molar-refractivity contribution in [3.63, 3.8) is 0 Å². The van der Waals surface area contributed by atoms with Gasteiger partial charge in [0.05, 0.1) is 0 Å². The van der Waals surface area contributed by atoms with Crippen molar-refractivity contribution >= 4 is 12.0 Å². The summed E-state index contributed by atoms with van der Waals surface area (Å²) < 4.78 is 5.04. The van der Waals surface area contributed by atoms with Gasteiger partial charge >= 0.3 is 6.09 Å².